The Balaban J connectivity index is 1.44. The fraction of sp³-hybridized carbons (Fsp3) is 0.478. The molecule has 0 spiro atoms. The molecule has 2 aromatic rings. The third-order valence-corrected chi connectivity index (χ3v) is 7.68. The molecule has 2 aliphatic rings. The summed E-state index contributed by atoms with van der Waals surface area (Å²) in [5, 5.41) is 11.8. The van der Waals surface area contributed by atoms with E-state index in [2.05, 4.69) is 42.5 Å². The smallest absolute Gasteiger partial charge is 0.0847 e. The van der Waals surface area contributed by atoms with Gasteiger partial charge in [-0.1, -0.05) is 61.4 Å². The third kappa shape index (κ3) is 3.71. The molecule has 2 aromatic carbocycles. The van der Waals surface area contributed by atoms with Crippen molar-refractivity contribution in [1.82, 2.24) is 0 Å². The largest absolute Gasteiger partial charge is 0.388 e. The van der Waals surface area contributed by atoms with Crippen LogP contribution in [0.1, 0.15) is 44.1 Å². The summed E-state index contributed by atoms with van der Waals surface area (Å²) in [7, 11) is 0. The Bertz CT molecular complexity index is 699. The lowest BCUT2D eigenvalue weighted by atomic mass is 9.72. The molecule has 0 bridgehead atoms. The number of hydrogen-bond acceptors (Lipinski definition) is 3. The van der Waals surface area contributed by atoms with E-state index < -0.39 is 5.60 Å². The first-order valence-electron chi connectivity index (χ1n) is 9.80. The van der Waals surface area contributed by atoms with Gasteiger partial charge in [0, 0.05) is 15.6 Å². The van der Waals surface area contributed by atoms with E-state index in [0.717, 1.165) is 32.1 Å². The fourth-order valence-electron chi connectivity index (χ4n) is 4.39. The quantitative estimate of drug-likeness (QED) is 0.705. The van der Waals surface area contributed by atoms with Crippen LogP contribution in [-0.2, 0) is 11.3 Å². The summed E-state index contributed by atoms with van der Waals surface area (Å²) in [4.78, 5) is 1.27. The van der Waals surface area contributed by atoms with Crippen molar-refractivity contribution in [2.75, 3.05) is 6.61 Å². The van der Waals surface area contributed by atoms with Crippen molar-refractivity contribution in [2.45, 2.75) is 60.4 Å². The van der Waals surface area contributed by atoms with Crippen molar-refractivity contribution in [3.63, 3.8) is 0 Å². The standard InChI is InChI=1S/C23H28O2S/c24-23(22(15-16-22)26-21-12-5-2-6-13-21)14-8-7-11-20(23)18-25-17-19-9-3-1-4-10-19/h1-6,9-10,12-13,20,24H,7-8,11,14-18H2. The van der Waals surface area contributed by atoms with Crippen LogP contribution in [0.2, 0.25) is 0 Å². The van der Waals surface area contributed by atoms with Gasteiger partial charge < -0.3 is 9.84 Å². The van der Waals surface area contributed by atoms with Gasteiger partial charge in [0.05, 0.1) is 18.8 Å². The molecule has 1 N–H and O–H groups in total. The van der Waals surface area contributed by atoms with Gasteiger partial charge in [-0.3, -0.25) is 0 Å². The van der Waals surface area contributed by atoms with E-state index in [4.69, 9.17) is 4.74 Å². The highest BCUT2D eigenvalue weighted by molar-refractivity contribution is 8.01. The summed E-state index contributed by atoms with van der Waals surface area (Å²) >= 11 is 1.89. The lowest BCUT2D eigenvalue weighted by molar-refractivity contribution is -0.0881. The van der Waals surface area contributed by atoms with E-state index in [-0.39, 0.29) is 10.7 Å². The van der Waals surface area contributed by atoms with Crippen molar-refractivity contribution in [2.24, 2.45) is 5.92 Å². The van der Waals surface area contributed by atoms with E-state index >= 15 is 0 Å². The number of hydrogen-bond donors (Lipinski definition) is 1. The molecule has 0 saturated heterocycles. The van der Waals surface area contributed by atoms with Gasteiger partial charge in [0.25, 0.3) is 0 Å². The summed E-state index contributed by atoms with van der Waals surface area (Å²) in [6.07, 6.45) is 6.53. The zero-order chi connectivity index (χ0) is 17.9. The molecule has 0 radical (unpaired) electrons. The van der Waals surface area contributed by atoms with Crippen molar-refractivity contribution >= 4 is 11.8 Å². The van der Waals surface area contributed by atoms with Gasteiger partial charge in [-0.25, -0.2) is 0 Å². The molecular formula is C23H28O2S. The van der Waals surface area contributed by atoms with Crippen molar-refractivity contribution in [3.8, 4) is 0 Å². The molecule has 2 atom stereocenters. The van der Waals surface area contributed by atoms with Crippen LogP contribution in [0.15, 0.2) is 65.6 Å². The first-order chi connectivity index (χ1) is 12.7. The van der Waals surface area contributed by atoms with Crippen LogP contribution in [0.5, 0.6) is 0 Å². The number of rotatable bonds is 7. The van der Waals surface area contributed by atoms with Crippen LogP contribution < -0.4 is 0 Å². The Labute approximate surface area is 161 Å². The molecule has 2 aliphatic carbocycles. The highest BCUT2D eigenvalue weighted by Gasteiger charge is 2.62. The summed E-state index contributed by atoms with van der Waals surface area (Å²) in [6.45, 7) is 1.29. The monoisotopic (exact) mass is 368 g/mol. The topological polar surface area (TPSA) is 29.5 Å². The highest BCUT2D eigenvalue weighted by Crippen LogP contribution is 2.63. The summed E-state index contributed by atoms with van der Waals surface area (Å²) in [5.74, 6) is 0.235. The van der Waals surface area contributed by atoms with Gasteiger partial charge in [-0.2, -0.15) is 0 Å². The first-order valence-corrected chi connectivity index (χ1v) is 10.6. The molecule has 2 saturated carbocycles. The van der Waals surface area contributed by atoms with E-state index in [0.29, 0.717) is 13.2 Å². The highest BCUT2D eigenvalue weighted by atomic mass is 32.2. The predicted molar refractivity (Wildman–Crippen MR) is 107 cm³/mol. The predicted octanol–water partition coefficient (Wildman–Crippen LogP) is 5.45. The minimum atomic E-state index is -0.609. The van der Waals surface area contributed by atoms with Gasteiger partial charge in [-0.15, -0.1) is 11.8 Å². The lowest BCUT2D eigenvalue weighted by Crippen LogP contribution is -2.52. The molecule has 0 aromatic heterocycles. The maximum Gasteiger partial charge on any atom is 0.0847 e. The van der Waals surface area contributed by atoms with E-state index in [1.807, 2.05) is 30.0 Å². The lowest BCUT2D eigenvalue weighted by Gasteiger charge is -2.45. The number of ether oxygens (including phenoxy) is 1. The van der Waals surface area contributed by atoms with Crippen molar-refractivity contribution in [3.05, 3.63) is 66.2 Å². The molecular weight excluding hydrogens is 340 g/mol. The second-order valence-electron chi connectivity index (χ2n) is 7.78. The Morgan fingerprint density at radius 3 is 2.31 bits per heavy atom. The molecule has 2 nitrogen and oxygen atoms in total. The maximum atomic E-state index is 11.8. The number of benzene rings is 2. The normalized spacial score (nSPS) is 27.2. The summed E-state index contributed by atoms with van der Waals surface area (Å²) in [5.41, 5.74) is 0.592. The molecule has 0 heterocycles. The Kier molecular flexibility index (Phi) is 5.40. The van der Waals surface area contributed by atoms with Gasteiger partial charge in [-0.05, 0) is 43.4 Å². The van der Waals surface area contributed by atoms with Gasteiger partial charge in [0.2, 0.25) is 0 Å². The number of thioether (sulfide) groups is 1. The molecule has 2 fully saturated rings. The van der Waals surface area contributed by atoms with Gasteiger partial charge >= 0.3 is 0 Å². The van der Waals surface area contributed by atoms with Crippen molar-refractivity contribution in [1.29, 1.82) is 0 Å². The van der Waals surface area contributed by atoms with Crippen LogP contribution in [-0.4, -0.2) is 22.1 Å². The zero-order valence-electron chi connectivity index (χ0n) is 15.3. The van der Waals surface area contributed by atoms with Gasteiger partial charge in [0.1, 0.15) is 0 Å². The van der Waals surface area contributed by atoms with Crippen LogP contribution in [0.25, 0.3) is 0 Å². The minimum absolute atomic E-state index is 0.0183. The molecule has 2 unspecified atom stereocenters. The second-order valence-corrected chi connectivity index (χ2v) is 9.23. The summed E-state index contributed by atoms with van der Waals surface area (Å²) < 4.78 is 6.04. The van der Waals surface area contributed by atoms with E-state index in [1.54, 1.807) is 0 Å². The fourth-order valence-corrected chi connectivity index (χ4v) is 5.89. The molecule has 3 heteroatoms. The first kappa shape index (κ1) is 18.1. The van der Waals surface area contributed by atoms with Crippen LogP contribution in [0.4, 0.5) is 0 Å². The Morgan fingerprint density at radius 1 is 0.923 bits per heavy atom. The molecule has 4 rings (SSSR count). The van der Waals surface area contributed by atoms with Crippen LogP contribution in [0, 0.1) is 5.92 Å². The molecule has 138 valence electrons. The third-order valence-electron chi connectivity index (χ3n) is 6.02. The van der Waals surface area contributed by atoms with E-state index in [9.17, 15) is 5.11 Å². The minimum Gasteiger partial charge on any atom is -0.388 e. The average molecular weight is 369 g/mol. The molecule has 26 heavy (non-hydrogen) atoms. The average Bonchev–Trinajstić information content (AvgIpc) is 3.46. The van der Waals surface area contributed by atoms with Gasteiger partial charge in [0.15, 0.2) is 0 Å². The Hall–Kier alpha value is -1.29. The van der Waals surface area contributed by atoms with Crippen LogP contribution >= 0.6 is 11.8 Å². The SMILES string of the molecule is OC1(C2(Sc3ccccc3)CC2)CCCCC1COCc1ccccc1. The van der Waals surface area contributed by atoms with Crippen LogP contribution in [0.3, 0.4) is 0 Å². The maximum absolute atomic E-state index is 11.8. The molecule has 0 aliphatic heterocycles. The number of aliphatic hydroxyl groups is 1. The molecule has 0 amide bonds. The van der Waals surface area contributed by atoms with Crippen molar-refractivity contribution < 1.29 is 9.84 Å². The van der Waals surface area contributed by atoms with E-state index in [1.165, 1.54) is 16.9 Å². The Morgan fingerprint density at radius 2 is 1.62 bits per heavy atom. The summed E-state index contributed by atoms with van der Waals surface area (Å²) in [6, 6.07) is 20.9. The zero-order valence-corrected chi connectivity index (χ0v) is 16.1. The second kappa shape index (κ2) is 7.75.